The minimum absolute atomic E-state index is 0.0419. The van der Waals surface area contributed by atoms with E-state index in [9.17, 15) is 13.2 Å². The fraction of sp³-hybridized carbons (Fsp3) is 0.231. The van der Waals surface area contributed by atoms with E-state index in [4.69, 9.17) is 9.47 Å². The lowest BCUT2D eigenvalue weighted by atomic mass is 10.2. The first kappa shape index (κ1) is 16.2. The Morgan fingerprint density at radius 1 is 1.23 bits per heavy atom. The van der Waals surface area contributed by atoms with Crippen LogP contribution in [0.15, 0.2) is 23.6 Å². The van der Waals surface area contributed by atoms with Crippen molar-refractivity contribution in [1.29, 1.82) is 0 Å². The molecule has 0 aliphatic rings. The maximum absolute atomic E-state index is 11.7. The molecule has 1 N–H and O–H groups in total. The Hall–Kier alpha value is -2.13. The molecule has 0 spiro atoms. The number of ether oxygens (including phenoxy) is 2. The molecule has 1 amide bonds. The van der Waals surface area contributed by atoms with E-state index in [1.54, 1.807) is 18.2 Å². The summed E-state index contributed by atoms with van der Waals surface area (Å²) in [5.74, 6) is 0.362. The molecule has 0 saturated heterocycles. The number of carbonyl (C=O) groups excluding carboxylic acids is 1. The van der Waals surface area contributed by atoms with Crippen LogP contribution in [0, 0.1) is 0 Å². The summed E-state index contributed by atoms with van der Waals surface area (Å²) in [6.07, 6.45) is 0.909. The predicted octanol–water partition coefficient (Wildman–Crippen LogP) is 1.52. The highest BCUT2D eigenvalue weighted by molar-refractivity contribution is 7.89. The summed E-state index contributed by atoms with van der Waals surface area (Å²) in [6.45, 7) is 0. The first-order chi connectivity index (χ1) is 10.3. The number of carbonyl (C=O) groups is 1. The van der Waals surface area contributed by atoms with Crippen LogP contribution in [0.2, 0.25) is 0 Å². The molecule has 1 aromatic carbocycles. The van der Waals surface area contributed by atoms with Gasteiger partial charge >= 0.3 is 0 Å². The number of nitrogens with one attached hydrogen (secondary N) is 1. The molecule has 0 bridgehead atoms. The Bertz CT molecular complexity index is 799. The highest BCUT2D eigenvalue weighted by atomic mass is 32.2. The second-order valence-electron chi connectivity index (χ2n) is 4.31. The molecule has 1 aromatic heterocycles. The third kappa shape index (κ3) is 3.74. The molecular formula is C13H14N2O5S2. The monoisotopic (exact) mass is 342 g/mol. The van der Waals surface area contributed by atoms with Gasteiger partial charge in [0, 0.05) is 10.9 Å². The Kier molecular flexibility index (Phi) is 4.67. The van der Waals surface area contributed by atoms with Crippen molar-refractivity contribution in [3.8, 4) is 22.1 Å². The van der Waals surface area contributed by atoms with Crippen molar-refractivity contribution in [2.75, 3.05) is 20.5 Å². The van der Waals surface area contributed by atoms with E-state index >= 15 is 0 Å². The molecule has 0 atom stereocenters. The van der Waals surface area contributed by atoms with Gasteiger partial charge in [-0.25, -0.2) is 18.1 Å². The second-order valence-corrected chi connectivity index (χ2v) is 6.92. The molecule has 0 unspecified atom stereocenters. The summed E-state index contributed by atoms with van der Waals surface area (Å²) in [7, 11) is -0.559. The van der Waals surface area contributed by atoms with E-state index in [0.29, 0.717) is 16.5 Å². The van der Waals surface area contributed by atoms with Crippen LogP contribution < -0.4 is 14.2 Å². The van der Waals surface area contributed by atoms with Gasteiger partial charge < -0.3 is 9.47 Å². The number of rotatable bonds is 5. The van der Waals surface area contributed by atoms with Crippen LogP contribution in [0.4, 0.5) is 0 Å². The van der Waals surface area contributed by atoms with Gasteiger partial charge in [-0.2, -0.15) is 0 Å². The van der Waals surface area contributed by atoms with Gasteiger partial charge in [0.1, 0.15) is 10.7 Å². The van der Waals surface area contributed by atoms with E-state index in [1.807, 2.05) is 4.72 Å². The third-order valence-electron chi connectivity index (χ3n) is 2.65. The SMILES string of the molecule is COc1ccc(-c2nc(C(=O)NS(C)(=O)=O)cs2)cc1OC. The van der Waals surface area contributed by atoms with Gasteiger partial charge in [-0.15, -0.1) is 11.3 Å². The van der Waals surface area contributed by atoms with E-state index in [1.165, 1.54) is 30.9 Å². The van der Waals surface area contributed by atoms with Gasteiger partial charge in [0.15, 0.2) is 11.5 Å². The molecule has 1 heterocycles. The lowest BCUT2D eigenvalue weighted by Crippen LogP contribution is -2.29. The van der Waals surface area contributed by atoms with Gasteiger partial charge in [-0.05, 0) is 18.2 Å². The molecule has 2 rings (SSSR count). The highest BCUT2D eigenvalue weighted by Crippen LogP contribution is 2.33. The maximum atomic E-state index is 11.7. The summed E-state index contributed by atoms with van der Waals surface area (Å²) in [5.41, 5.74) is 0.779. The van der Waals surface area contributed by atoms with Crippen molar-refractivity contribution in [2.24, 2.45) is 0 Å². The largest absolute Gasteiger partial charge is 0.493 e. The minimum Gasteiger partial charge on any atom is -0.493 e. The summed E-state index contributed by atoms with van der Waals surface area (Å²) >= 11 is 1.23. The smallest absolute Gasteiger partial charge is 0.284 e. The number of benzene rings is 1. The zero-order valence-electron chi connectivity index (χ0n) is 12.1. The summed E-state index contributed by atoms with van der Waals surface area (Å²) in [4.78, 5) is 15.9. The first-order valence-electron chi connectivity index (χ1n) is 6.04. The lowest BCUT2D eigenvalue weighted by Gasteiger charge is -2.08. The predicted molar refractivity (Wildman–Crippen MR) is 83.0 cm³/mol. The lowest BCUT2D eigenvalue weighted by molar-refractivity contribution is 0.0977. The molecule has 22 heavy (non-hydrogen) atoms. The molecule has 0 radical (unpaired) electrons. The summed E-state index contributed by atoms with van der Waals surface area (Å²) < 4.78 is 34.4. The number of sulfonamides is 1. The van der Waals surface area contributed by atoms with Crippen molar-refractivity contribution in [1.82, 2.24) is 9.71 Å². The number of amides is 1. The molecule has 2 aromatic rings. The van der Waals surface area contributed by atoms with Crippen LogP contribution in [0.5, 0.6) is 11.5 Å². The summed E-state index contributed by atoms with van der Waals surface area (Å²) in [6, 6.07) is 5.24. The van der Waals surface area contributed by atoms with E-state index in [0.717, 1.165) is 11.8 Å². The Labute approximate surface area is 132 Å². The standard InChI is InChI=1S/C13H14N2O5S2/c1-19-10-5-4-8(6-11(10)20-2)13-14-9(7-21-13)12(16)15-22(3,17)18/h4-7H,1-3H3,(H,15,16). The van der Waals surface area contributed by atoms with Crippen LogP contribution in [0.25, 0.3) is 10.6 Å². The van der Waals surface area contributed by atoms with Gasteiger partial charge in [0.2, 0.25) is 10.0 Å². The molecule has 9 heteroatoms. The van der Waals surface area contributed by atoms with Gasteiger partial charge in [-0.1, -0.05) is 0 Å². The van der Waals surface area contributed by atoms with Gasteiger partial charge in [0.05, 0.1) is 20.5 Å². The fourth-order valence-electron chi connectivity index (χ4n) is 1.70. The summed E-state index contributed by atoms with van der Waals surface area (Å²) in [5, 5.41) is 2.06. The molecular weight excluding hydrogens is 328 g/mol. The topological polar surface area (TPSA) is 94.6 Å². The van der Waals surface area contributed by atoms with E-state index in [-0.39, 0.29) is 5.69 Å². The third-order valence-corrected chi connectivity index (χ3v) is 4.09. The average Bonchev–Trinajstić information content (AvgIpc) is 2.94. The number of thiazole rings is 1. The van der Waals surface area contributed by atoms with Crippen LogP contribution in [-0.2, 0) is 10.0 Å². The van der Waals surface area contributed by atoms with Gasteiger partial charge in [-0.3, -0.25) is 4.79 Å². The molecule has 7 nitrogen and oxygen atoms in total. The Morgan fingerprint density at radius 3 is 2.50 bits per heavy atom. The van der Waals surface area contributed by atoms with Gasteiger partial charge in [0.25, 0.3) is 5.91 Å². The van der Waals surface area contributed by atoms with E-state index in [2.05, 4.69) is 4.98 Å². The zero-order chi connectivity index (χ0) is 16.3. The van der Waals surface area contributed by atoms with Crippen molar-refractivity contribution in [3.05, 3.63) is 29.3 Å². The maximum Gasteiger partial charge on any atom is 0.284 e. The number of aromatic nitrogens is 1. The van der Waals surface area contributed by atoms with Crippen LogP contribution in [0.3, 0.4) is 0 Å². The van der Waals surface area contributed by atoms with E-state index < -0.39 is 15.9 Å². The Balaban J connectivity index is 2.30. The van der Waals surface area contributed by atoms with Crippen molar-refractivity contribution >= 4 is 27.3 Å². The fourth-order valence-corrected chi connectivity index (χ4v) is 2.94. The van der Waals surface area contributed by atoms with Crippen molar-refractivity contribution in [3.63, 3.8) is 0 Å². The Morgan fingerprint density at radius 2 is 1.91 bits per heavy atom. The zero-order valence-corrected chi connectivity index (χ0v) is 13.7. The number of nitrogens with zero attached hydrogens (tertiary/aromatic N) is 1. The highest BCUT2D eigenvalue weighted by Gasteiger charge is 2.16. The number of methoxy groups -OCH3 is 2. The van der Waals surface area contributed by atoms with Crippen molar-refractivity contribution in [2.45, 2.75) is 0 Å². The molecule has 0 aliphatic carbocycles. The average molecular weight is 342 g/mol. The molecule has 0 fully saturated rings. The van der Waals surface area contributed by atoms with Crippen LogP contribution in [-0.4, -0.2) is 39.8 Å². The number of hydrogen-bond donors (Lipinski definition) is 1. The quantitative estimate of drug-likeness (QED) is 0.885. The number of hydrogen-bond acceptors (Lipinski definition) is 7. The van der Waals surface area contributed by atoms with Crippen LogP contribution in [0.1, 0.15) is 10.5 Å². The normalized spacial score (nSPS) is 11.0. The molecule has 0 saturated carbocycles. The first-order valence-corrected chi connectivity index (χ1v) is 8.81. The minimum atomic E-state index is -3.62. The van der Waals surface area contributed by atoms with Crippen molar-refractivity contribution < 1.29 is 22.7 Å². The van der Waals surface area contributed by atoms with Crippen LogP contribution >= 0.6 is 11.3 Å². The molecule has 118 valence electrons. The molecule has 0 aliphatic heterocycles. The second kappa shape index (κ2) is 6.32.